The van der Waals surface area contributed by atoms with Gasteiger partial charge >= 0.3 is 0 Å². The van der Waals surface area contributed by atoms with E-state index in [9.17, 15) is 0 Å². The summed E-state index contributed by atoms with van der Waals surface area (Å²) in [5.41, 5.74) is 7.26. The van der Waals surface area contributed by atoms with Crippen molar-refractivity contribution in [3.8, 4) is 0 Å². The van der Waals surface area contributed by atoms with Crippen LogP contribution in [0.3, 0.4) is 0 Å². The van der Waals surface area contributed by atoms with Crippen LogP contribution in [0.4, 0.5) is 0 Å². The fourth-order valence-corrected chi connectivity index (χ4v) is 1.55. The van der Waals surface area contributed by atoms with E-state index in [-0.39, 0.29) is 6.04 Å². The van der Waals surface area contributed by atoms with E-state index in [1.807, 2.05) is 6.07 Å². The predicted octanol–water partition coefficient (Wildman–Crippen LogP) is 2.59. The minimum Gasteiger partial charge on any atom is -0.472 e. The zero-order valence-electron chi connectivity index (χ0n) is 8.49. The molecule has 0 aliphatic heterocycles. The largest absolute Gasteiger partial charge is 0.472 e. The second kappa shape index (κ2) is 5.07. The Morgan fingerprint density at radius 3 is 2.85 bits per heavy atom. The summed E-state index contributed by atoms with van der Waals surface area (Å²) < 4.78 is 5.00. The van der Waals surface area contributed by atoms with Crippen molar-refractivity contribution in [3.63, 3.8) is 0 Å². The lowest BCUT2D eigenvalue weighted by molar-refractivity contribution is 0.418. The maximum Gasteiger partial charge on any atom is 0.0935 e. The van der Waals surface area contributed by atoms with Gasteiger partial charge in [-0.05, 0) is 30.4 Å². The molecule has 0 amide bonds. The lowest BCUT2D eigenvalue weighted by Crippen LogP contribution is -2.30. The van der Waals surface area contributed by atoms with Gasteiger partial charge in [-0.2, -0.15) is 0 Å². The molecule has 74 valence electrons. The Kier molecular flexibility index (Phi) is 4.03. The summed E-state index contributed by atoms with van der Waals surface area (Å²) in [7, 11) is 0. The van der Waals surface area contributed by atoms with E-state index in [1.54, 1.807) is 12.5 Å². The van der Waals surface area contributed by atoms with Crippen LogP contribution in [0.1, 0.15) is 32.3 Å². The highest BCUT2D eigenvalue weighted by molar-refractivity contribution is 5.07. The minimum absolute atomic E-state index is 0.262. The lowest BCUT2D eigenvalue weighted by atomic mass is 9.93. The summed E-state index contributed by atoms with van der Waals surface area (Å²) in [6, 6.07) is 2.25. The van der Waals surface area contributed by atoms with Crippen molar-refractivity contribution in [1.82, 2.24) is 0 Å². The standard InChI is InChI=1S/C11H19NO/c1-3-4-9(2)11(12)7-10-5-6-13-8-10/h5-6,8-9,11H,3-4,7,12H2,1-2H3. The quantitative estimate of drug-likeness (QED) is 0.758. The third-order valence-electron chi connectivity index (χ3n) is 2.53. The van der Waals surface area contributed by atoms with Gasteiger partial charge in [0.15, 0.2) is 0 Å². The van der Waals surface area contributed by atoms with Crippen LogP contribution in [-0.2, 0) is 6.42 Å². The van der Waals surface area contributed by atoms with Gasteiger partial charge in [-0.15, -0.1) is 0 Å². The van der Waals surface area contributed by atoms with E-state index < -0.39 is 0 Å². The molecule has 13 heavy (non-hydrogen) atoms. The van der Waals surface area contributed by atoms with Gasteiger partial charge in [0.25, 0.3) is 0 Å². The minimum atomic E-state index is 0.262. The van der Waals surface area contributed by atoms with Crippen LogP contribution in [0.25, 0.3) is 0 Å². The SMILES string of the molecule is CCCC(C)C(N)Cc1ccoc1. The molecule has 2 nitrogen and oxygen atoms in total. The van der Waals surface area contributed by atoms with Crippen LogP contribution in [0.5, 0.6) is 0 Å². The van der Waals surface area contributed by atoms with E-state index in [2.05, 4.69) is 13.8 Å². The van der Waals surface area contributed by atoms with Gasteiger partial charge in [0.05, 0.1) is 12.5 Å². The molecule has 0 bridgehead atoms. The molecule has 0 radical (unpaired) electrons. The summed E-state index contributed by atoms with van der Waals surface area (Å²) in [5, 5.41) is 0. The number of hydrogen-bond acceptors (Lipinski definition) is 2. The van der Waals surface area contributed by atoms with Gasteiger partial charge in [0.1, 0.15) is 0 Å². The first-order chi connectivity index (χ1) is 6.24. The van der Waals surface area contributed by atoms with E-state index in [0.717, 1.165) is 6.42 Å². The normalized spacial score (nSPS) is 15.6. The summed E-state index contributed by atoms with van der Waals surface area (Å²) in [5.74, 6) is 0.597. The van der Waals surface area contributed by atoms with Crippen molar-refractivity contribution in [1.29, 1.82) is 0 Å². The molecule has 0 fully saturated rings. The van der Waals surface area contributed by atoms with Crippen LogP contribution in [0.15, 0.2) is 23.0 Å². The summed E-state index contributed by atoms with van der Waals surface area (Å²) in [6.45, 7) is 4.41. The molecule has 1 rings (SSSR count). The number of furan rings is 1. The van der Waals surface area contributed by atoms with Crippen molar-refractivity contribution < 1.29 is 4.42 Å². The van der Waals surface area contributed by atoms with Crippen molar-refractivity contribution in [2.24, 2.45) is 11.7 Å². The first-order valence-corrected chi connectivity index (χ1v) is 5.00. The average molecular weight is 181 g/mol. The number of hydrogen-bond donors (Lipinski definition) is 1. The van der Waals surface area contributed by atoms with Crippen LogP contribution in [-0.4, -0.2) is 6.04 Å². The predicted molar refractivity (Wildman–Crippen MR) is 54.5 cm³/mol. The molecule has 2 atom stereocenters. The smallest absolute Gasteiger partial charge is 0.0935 e. The molecule has 1 heterocycles. The molecule has 0 saturated heterocycles. The lowest BCUT2D eigenvalue weighted by Gasteiger charge is -2.18. The maximum absolute atomic E-state index is 6.05. The molecule has 1 aromatic heterocycles. The van der Waals surface area contributed by atoms with E-state index in [0.29, 0.717) is 5.92 Å². The molecule has 2 heteroatoms. The van der Waals surface area contributed by atoms with Crippen LogP contribution in [0.2, 0.25) is 0 Å². The fourth-order valence-electron chi connectivity index (χ4n) is 1.55. The molecule has 0 aliphatic rings. The van der Waals surface area contributed by atoms with E-state index in [1.165, 1.54) is 18.4 Å². The van der Waals surface area contributed by atoms with Gasteiger partial charge in [0.2, 0.25) is 0 Å². The molecule has 0 aromatic carbocycles. The molecule has 2 N–H and O–H groups in total. The molecule has 1 aromatic rings. The van der Waals surface area contributed by atoms with Crippen LogP contribution < -0.4 is 5.73 Å². The zero-order valence-corrected chi connectivity index (χ0v) is 8.49. The molecule has 0 spiro atoms. The van der Waals surface area contributed by atoms with Gasteiger partial charge < -0.3 is 10.2 Å². The Morgan fingerprint density at radius 1 is 1.54 bits per heavy atom. The molecular weight excluding hydrogens is 162 g/mol. The van der Waals surface area contributed by atoms with Crippen molar-refractivity contribution in [2.45, 2.75) is 39.2 Å². The second-order valence-corrected chi connectivity index (χ2v) is 3.77. The molecule has 0 saturated carbocycles. The van der Waals surface area contributed by atoms with E-state index in [4.69, 9.17) is 10.2 Å². The topological polar surface area (TPSA) is 39.2 Å². The zero-order chi connectivity index (χ0) is 9.68. The monoisotopic (exact) mass is 181 g/mol. The highest BCUT2D eigenvalue weighted by atomic mass is 16.3. The summed E-state index contributed by atoms with van der Waals surface area (Å²) in [6.07, 6.45) is 6.82. The fraction of sp³-hybridized carbons (Fsp3) is 0.636. The Morgan fingerprint density at radius 2 is 2.31 bits per heavy atom. The average Bonchev–Trinajstić information content (AvgIpc) is 2.57. The third kappa shape index (κ3) is 3.23. The maximum atomic E-state index is 6.05. The highest BCUT2D eigenvalue weighted by Gasteiger charge is 2.12. The first-order valence-electron chi connectivity index (χ1n) is 5.00. The highest BCUT2D eigenvalue weighted by Crippen LogP contribution is 2.13. The number of rotatable bonds is 5. The van der Waals surface area contributed by atoms with Crippen LogP contribution in [0, 0.1) is 5.92 Å². The molecule has 2 unspecified atom stereocenters. The Hall–Kier alpha value is -0.760. The van der Waals surface area contributed by atoms with Gasteiger partial charge in [0, 0.05) is 6.04 Å². The number of nitrogens with two attached hydrogens (primary N) is 1. The first kappa shape index (κ1) is 10.3. The summed E-state index contributed by atoms with van der Waals surface area (Å²) in [4.78, 5) is 0. The molecular formula is C11H19NO. The Bertz CT molecular complexity index is 218. The Balaban J connectivity index is 2.36. The van der Waals surface area contributed by atoms with Crippen molar-refractivity contribution in [3.05, 3.63) is 24.2 Å². The van der Waals surface area contributed by atoms with Gasteiger partial charge in [-0.1, -0.05) is 20.3 Å². The molecule has 0 aliphatic carbocycles. The van der Waals surface area contributed by atoms with Crippen LogP contribution >= 0.6 is 0 Å². The third-order valence-corrected chi connectivity index (χ3v) is 2.53. The van der Waals surface area contributed by atoms with Crippen molar-refractivity contribution in [2.75, 3.05) is 0 Å². The van der Waals surface area contributed by atoms with Gasteiger partial charge in [-0.25, -0.2) is 0 Å². The van der Waals surface area contributed by atoms with E-state index >= 15 is 0 Å². The Labute approximate surface area is 80.1 Å². The summed E-state index contributed by atoms with van der Waals surface area (Å²) >= 11 is 0. The second-order valence-electron chi connectivity index (χ2n) is 3.77. The van der Waals surface area contributed by atoms with Gasteiger partial charge in [-0.3, -0.25) is 0 Å². The van der Waals surface area contributed by atoms with Crippen molar-refractivity contribution >= 4 is 0 Å².